The fourth-order valence-electron chi connectivity index (χ4n) is 2.03. The highest BCUT2D eigenvalue weighted by atomic mass is 16.4. The number of oxazole rings is 1. The minimum absolute atomic E-state index is 0.373. The summed E-state index contributed by atoms with van der Waals surface area (Å²) in [5, 5.41) is 8.96. The highest BCUT2D eigenvalue weighted by Crippen LogP contribution is 2.22. The van der Waals surface area contributed by atoms with Crippen molar-refractivity contribution >= 4 is 16.8 Å². The van der Waals surface area contributed by atoms with Crippen molar-refractivity contribution in [1.29, 1.82) is 5.26 Å². The molecule has 0 saturated carbocycles. The summed E-state index contributed by atoms with van der Waals surface area (Å²) < 4.78 is 6.72. The van der Waals surface area contributed by atoms with Crippen LogP contribution < -0.4 is 11.5 Å². The van der Waals surface area contributed by atoms with Gasteiger partial charge in [0.2, 0.25) is 0 Å². The Balaban J connectivity index is 2.22. The van der Waals surface area contributed by atoms with Gasteiger partial charge in [0.15, 0.2) is 5.58 Å². The molecule has 1 aromatic heterocycles. The Morgan fingerprint density at radius 2 is 2.21 bits per heavy atom. The zero-order chi connectivity index (χ0) is 14.0. The Morgan fingerprint density at radius 1 is 1.47 bits per heavy atom. The summed E-state index contributed by atoms with van der Waals surface area (Å²) in [4.78, 5) is 11.8. The average molecular weight is 259 g/mol. The lowest BCUT2D eigenvalue weighted by Gasteiger charge is -2.14. The lowest BCUT2D eigenvalue weighted by molar-refractivity contribution is 0.406. The molecule has 5 nitrogen and oxygen atoms in total. The molecule has 100 valence electrons. The van der Waals surface area contributed by atoms with Crippen LogP contribution in [-0.4, -0.2) is 4.57 Å². The first kappa shape index (κ1) is 13.2. The second kappa shape index (κ2) is 4.81. The van der Waals surface area contributed by atoms with Gasteiger partial charge in [-0.05, 0) is 44.9 Å². The molecule has 0 spiro atoms. The molecule has 2 N–H and O–H groups in total. The summed E-state index contributed by atoms with van der Waals surface area (Å²) in [6, 6.07) is 7.38. The summed E-state index contributed by atoms with van der Waals surface area (Å²) in [6.45, 7) is 4.31. The van der Waals surface area contributed by atoms with Crippen LogP contribution in [0.25, 0.3) is 11.1 Å². The largest absolute Gasteiger partial charge is 0.419 e. The molecule has 0 fully saturated rings. The fourth-order valence-corrected chi connectivity index (χ4v) is 2.03. The lowest BCUT2D eigenvalue weighted by atomic mass is 9.90. The smallest absolute Gasteiger partial charge is 0.408 e. The van der Waals surface area contributed by atoms with Gasteiger partial charge in [-0.2, -0.15) is 5.26 Å². The number of rotatable bonds is 4. The van der Waals surface area contributed by atoms with E-state index in [1.165, 1.54) is 0 Å². The first-order valence-electron chi connectivity index (χ1n) is 6.23. The van der Waals surface area contributed by atoms with Crippen LogP contribution in [-0.2, 0) is 6.54 Å². The standard InChI is InChI=1S/C14H17N3O2/c1-14(2,9-15)6-3-7-17-11-8-10(16)4-5-12(11)19-13(17)18/h4-5,8H,3,6-7,16H2,1-2H3. The molecule has 2 aromatic rings. The van der Waals surface area contributed by atoms with E-state index >= 15 is 0 Å². The molecular weight excluding hydrogens is 242 g/mol. The Morgan fingerprint density at radius 3 is 2.89 bits per heavy atom. The fraction of sp³-hybridized carbons (Fsp3) is 0.429. The summed E-state index contributed by atoms with van der Waals surface area (Å²) in [5.74, 6) is -0.379. The van der Waals surface area contributed by atoms with E-state index in [4.69, 9.17) is 15.4 Å². The topological polar surface area (TPSA) is 85.0 Å². The molecule has 5 heteroatoms. The number of nitriles is 1. The van der Waals surface area contributed by atoms with E-state index in [0.29, 0.717) is 23.3 Å². The SMILES string of the molecule is CC(C)(C#N)CCCn1c(=O)oc2ccc(N)cc21. The minimum Gasteiger partial charge on any atom is -0.408 e. The first-order valence-corrected chi connectivity index (χ1v) is 6.23. The van der Waals surface area contributed by atoms with Crippen molar-refractivity contribution in [2.45, 2.75) is 33.2 Å². The number of fused-ring (bicyclic) bond motifs is 1. The van der Waals surface area contributed by atoms with Gasteiger partial charge in [-0.15, -0.1) is 0 Å². The van der Waals surface area contributed by atoms with Gasteiger partial charge >= 0.3 is 5.76 Å². The van der Waals surface area contributed by atoms with E-state index in [-0.39, 0.29) is 11.2 Å². The zero-order valence-corrected chi connectivity index (χ0v) is 11.1. The van der Waals surface area contributed by atoms with Crippen LogP contribution in [0, 0.1) is 16.7 Å². The van der Waals surface area contributed by atoms with Gasteiger partial charge in [-0.1, -0.05) is 0 Å². The number of nitrogens with zero attached hydrogens (tertiary/aromatic N) is 2. The van der Waals surface area contributed by atoms with Crippen LogP contribution in [0.4, 0.5) is 5.69 Å². The monoisotopic (exact) mass is 259 g/mol. The van der Waals surface area contributed by atoms with Crippen molar-refractivity contribution in [3.8, 4) is 6.07 Å². The van der Waals surface area contributed by atoms with Crippen molar-refractivity contribution in [3.05, 3.63) is 28.7 Å². The van der Waals surface area contributed by atoms with Gasteiger partial charge in [0.05, 0.1) is 17.0 Å². The number of benzene rings is 1. The molecule has 0 bridgehead atoms. The van der Waals surface area contributed by atoms with Crippen LogP contribution >= 0.6 is 0 Å². The molecule has 1 heterocycles. The molecule has 0 unspecified atom stereocenters. The summed E-state index contributed by atoms with van der Waals surface area (Å²) in [5.41, 5.74) is 7.19. The summed E-state index contributed by atoms with van der Waals surface area (Å²) >= 11 is 0. The maximum Gasteiger partial charge on any atom is 0.419 e. The maximum absolute atomic E-state index is 11.8. The molecule has 0 amide bonds. The van der Waals surface area contributed by atoms with Crippen molar-refractivity contribution in [3.63, 3.8) is 0 Å². The quantitative estimate of drug-likeness (QED) is 0.855. The molecule has 0 aliphatic rings. The number of anilines is 1. The minimum atomic E-state index is -0.379. The number of nitrogens with two attached hydrogens (primary N) is 1. The first-order chi connectivity index (χ1) is 8.93. The number of nitrogen functional groups attached to an aromatic ring is 1. The van der Waals surface area contributed by atoms with E-state index in [0.717, 1.165) is 12.8 Å². The number of aryl methyl sites for hydroxylation is 1. The predicted molar refractivity (Wildman–Crippen MR) is 73.5 cm³/mol. The molecule has 0 aliphatic heterocycles. The van der Waals surface area contributed by atoms with Gasteiger partial charge in [0, 0.05) is 12.2 Å². The highest BCUT2D eigenvalue weighted by Gasteiger charge is 2.17. The Labute approximate surface area is 111 Å². The van der Waals surface area contributed by atoms with Crippen LogP contribution in [0.15, 0.2) is 27.4 Å². The third-order valence-electron chi connectivity index (χ3n) is 3.18. The van der Waals surface area contributed by atoms with Crippen LogP contribution in [0.3, 0.4) is 0 Å². The molecule has 2 rings (SSSR count). The van der Waals surface area contributed by atoms with E-state index < -0.39 is 0 Å². The third kappa shape index (κ3) is 2.79. The van der Waals surface area contributed by atoms with Gasteiger partial charge in [-0.3, -0.25) is 4.57 Å². The molecule has 0 atom stereocenters. The second-order valence-electron chi connectivity index (χ2n) is 5.35. The Hall–Kier alpha value is -2.22. The van der Waals surface area contributed by atoms with Crippen molar-refractivity contribution < 1.29 is 4.42 Å². The Kier molecular flexibility index (Phi) is 3.34. The van der Waals surface area contributed by atoms with Crippen molar-refractivity contribution in [2.75, 3.05) is 5.73 Å². The van der Waals surface area contributed by atoms with E-state index in [9.17, 15) is 4.79 Å². The maximum atomic E-state index is 11.8. The number of hydrogen-bond acceptors (Lipinski definition) is 4. The molecule has 0 saturated heterocycles. The third-order valence-corrected chi connectivity index (χ3v) is 3.18. The van der Waals surface area contributed by atoms with Crippen molar-refractivity contribution in [2.24, 2.45) is 5.41 Å². The van der Waals surface area contributed by atoms with Gasteiger partial charge < -0.3 is 10.2 Å². The molecule has 1 aromatic carbocycles. The van der Waals surface area contributed by atoms with E-state index in [1.54, 1.807) is 22.8 Å². The number of aromatic nitrogens is 1. The van der Waals surface area contributed by atoms with Crippen LogP contribution in [0.5, 0.6) is 0 Å². The van der Waals surface area contributed by atoms with Gasteiger partial charge in [0.1, 0.15) is 0 Å². The highest BCUT2D eigenvalue weighted by molar-refractivity contribution is 5.76. The molecule has 0 radical (unpaired) electrons. The molecule has 19 heavy (non-hydrogen) atoms. The average Bonchev–Trinajstić information content (AvgIpc) is 2.66. The lowest BCUT2D eigenvalue weighted by Crippen LogP contribution is -2.16. The van der Waals surface area contributed by atoms with E-state index in [2.05, 4.69) is 6.07 Å². The zero-order valence-electron chi connectivity index (χ0n) is 11.1. The Bertz CT molecular complexity index is 689. The molecular formula is C14H17N3O2. The second-order valence-corrected chi connectivity index (χ2v) is 5.35. The number of hydrogen-bond donors (Lipinski definition) is 1. The van der Waals surface area contributed by atoms with Crippen LogP contribution in [0.1, 0.15) is 26.7 Å². The van der Waals surface area contributed by atoms with Crippen molar-refractivity contribution in [1.82, 2.24) is 4.57 Å². The summed E-state index contributed by atoms with van der Waals surface area (Å²) in [6.07, 6.45) is 1.47. The summed E-state index contributed by atoms with van der Waals surface area (Å²) in [7, 11) is 0. The van der Waals surface area contributed by atoms with E-state index in [1.807, 2.05) is 13.8 Å². The normalized spacial score (nSPS) is 11.6. The molecule has 0 aliphatic carbocycles. The van der Waals surface area contributed by atoms with Crippen LogP contribution in [0.2, 0.25) is 0 Å². The van der Waals surface area contributed by atoms with Gasteiger partial charge in [-0.25, -0.2) is 4.79 Å². The predicted octanol–water partition coefficient (Wildman–Crippen LogP) is 2.51. The van der Waals surface area contributed by atoms with Gasteiger partial charge in [0.25, 0.3) is 0 Å².